The van der Waals surface area contributed by atoms with Gasteiger partial charge in [0.15, 0.2) is 0 Å². The Hall–Kier alpha value is -2.67. The molecule has 3 aromatic rings. The average Bonchev–Trinajstić information content (AvgIpc) is 3.03. The number of nitrogens with zero attached hydrogens (tertiary/aromatic N) is 2. The number of fused-ring (bicyclic) bond motifs is 3. The van der Waals surface area contributed by atoms with Crippen molar-refractivity contribution in [3.05, 3.63) is 52.3 Å². The van der Waals surface area contributed by atoms with E-state index < -0.39 is 0 Å². The van der Waals surface area contributed by atoms with E-state index in [1.165, 1.54) is 29.2 Å². The van der Waals surface area contributed by atoms with Gasteiger partial charge in [0.25, 0.3) is 5.91 Å². The molecule has 0 radical (unpaired) electrons. The molecular formula is C20H19FN4OS. The minimum atomic E-state index is -0.293. The number of aromatic nitrogens is 1. The van der Waals surface area contributed by atoms with Gasteiger partial charge in [-0.05, 0) is 36.6 Å². The van der Waals surface area contributed by atoms with Gasteiger partial charge in [-0.1, -0.05) is 12.1 Å². The number of carbonyl (C=O) groups excluding carboxylic acids is 1. The van der Waals surface area contributed by atoms with Gasteiger partial charge in [-0.25, -0.2) is 9.37 Å². The maximum atomic E-state index is 13.0. The standard InChI is InChI=1S/C20H19FN4OS/c21-13-3-1-11(2-4-13)10-23-19(26)18-16(22)14-9-15-17(24-20(14)27-18)12-5-7-25(15)8-6-12/h1-4,9,12H,5-8,10,22H2,(H,23,26). The van der Waals surface area contributed by atoms with Crippen LogP contribution in [0.15, 0.2) is 30.3 Å². The highest BCUT2D eigenvalue weighted by atomic mass is 32.1. The van der Waals surface area contributed by atoms with Crippen molar-refractivity contribution < 1.29 is 9.18 Å². The van der Waals surface area contributed by atoms with E-state index in [9.17, 15) is 9.18 Å². The monoisotopic (exact) mass is 382 g/mol. The Morgan fingerprint density at radius 1 is 1.30 bits per heavy atom. The summed E-state index contributed by atoms with van der Waals surface area (Å²) in [6, 6.07) is 8.18. The lowest BCUT2D eigenvalue weighted by Crippen LogP contribution is -2.39. The van der Waals surface area contributed by atoms with Crippen molar-refractivity contribution in [2.45, 2.75) is 25.3 Å². The van der Waals surface area contributed by atoms with Crippen LogP contribution in [0.1, 0.15) is 39.7 Å². The molecule has 1 fully saturated rings. The smallest absolute Gasteiger partial charge is 0.263 e. The van der Waals surface area contributed by atoms with E-state index in [1.807, 2.05) is 0 Å². The maximum Gasteiger partial charge on any atom is 0.263 e. The van der Waals surface area contributed by atoms with Gasteiger partial charge in [-0.2, -0.15) is 0 Å². The Balaban J connectivity index is 1.44. The number of thiophene rings is 1. The summed E-state index contributed by atoms with van der Waals surface area (Å²) >= 11 is 1.34. The molecule has 1 amide bonds. The molecule has 6 rings (SSSR count). The van der Waals surface area contributed by atoms with Crippen LogP contribution in [-0.2, 0) is 6.54 Å². The highest BCUT2D eigenvalue weighted by Crippen LogP contribution is 2.44. The molecule has 5 heterocycles. The quantitative estimate of drug-likeness (QED) is 0.725. The van der Waals surface area contributed by atoms with E-state index in [-0.39, 0.29) is 11.7 Å². The number of nitrogens with one attached hydrogen (secondary N) is 1. The second-order valence-corrected chi connectivity index (χ2v) is 8.16. The molecule has 3 aliphatic rings. The zero-order valence-electron chi connectivity index (χ0n) is 14.7. The molecule has 0 unspecified atom stereocenters. The molecule has 0 atom stereocenters. The van der Waals surface area contributed by atoms with Crippen LogP contribution in [-0.4, -0.2) is 24.0 Å². The fourth-order valence-corrected chi connectivity index (χ4v) is 5.03. The number of rotatable bonds is 3. The van der Waals surface area contributed by atoms with Gasteiger partial charge in [0.2, 0.25) is 0 Å². The summed E-state index contributed by atoms with van der Waals surface area (Å²) in [4.78, 5) is 21.2. The van der Waals surface area contributed by atoms with Crippen LogP contribution in [0.5, 0.6) is 0 Å². The first-order valence-electron chi connectivity index (χ1n) is 9.10. The van der Waals surface area contributed by atoms with Crippen LogP contribution in [0.4, 0.5) is 15.8 Å². The summed E-state index contributed by atoms with van der Waals surface area (Å²) in [5.41, 5.74) is 9.95. The van der Waals surface area contributed by atoms with Crippen LogP contribution in [0.2, 0.25) is 0 Å². The highest BCUT2D eigenvalue weighted by Gasteiger charge is 2.33. The minimum absolute atomic E-state index is 0.221. The molecule has 0 aliphatic carbocycles. The van der Waals surface area contributed by atoms with Crippen molar-refractivity contribution >= 4 is 38.8 Å². The molecule has 5 nitrogen and oxygen atoms in total. The van der Waals surface area contributed by atoms with Gasteiger partial charge >= 0.3 is 0 Å². The predicted molar refractivity (Wildman–Crippen MR) is 106 cm³/mol. The number of amides is 1. The molecule has 3 N–H and O–H groups in total. The number of hydrogen-bond donors (Lipinski definition) is 2. The van der Waals surface area contributed by atoms with Crippen molar-refractivity contribution in [3.63, 3.8) is 0 Å². The Kier molecular flexibility index (Phi) is 3.79. The summed E-state index contributed by atoms with van der Waals surface area (Å²) in [6.45, 7) is 2.46. The number of piperidine rings is 1. The van der Waals surface area contributed by atoms with Crippen molar-refractivity contribution in [2.75, 3.05) is 23.7 Å². The molecule has 7 heteroatoms. The summed E-state index contributed by atoms with van der Waals surface area (Å²) in [5.74, 6) is 0.00753. The summed E-state index contributed by atoms with van der Waals surface area (Å²) in [7, 11) is 0. The lowest BCUT2D eigenvalue weighted by atomic mass is 9.86. The van der Waals surface area contributed by atoms with Gasteiger partial charge in [0.1, 0.15) is 15.5 Å². The first-order valence-corrected chi connectivity index (χ1v) is 9.92. The van der Waals surface area contributed by atoms with Crippen molar-refractivity contribution in [3.8, 4) is 0 Å². The molecular weight excluding hydrogens is 363 g/mol. The normalized spacial score (nSPS) is 16.0. The zero-order chi connectivity index (χ0) is 18.5. The summed E-state index contributed by atoms with van der Waals surface area (Å²) < 4.78 is 13.0. The van der Waals surface area contributed by atoms with Crippen LogP contribution < -0.4 is 16.0 Å². The number of pyridine rings is 1. The number of halogens is 1. The molecule has 1 aromatic carbocycles. The van der Waals surface area contributed by atoms with E-state index in [0.29, 0.717) is 23.0 Å². The first-order chi connectivity index (χ1) is 13.1. The number of nitrogens with two attached hydrogens (primary N) is 1. The third kappa shape index (κ3) is 2.73. The number of carbonyl (C=O) groups is 1. The van der Waals surface area contributed by atoms with Gasteiger partial charge in [-0.3, -0.25) is 4.79 Å². The number of hydrogen-bond acceptors (Lipinski definition) is 5. The van der Waals surface area contributed by atoms with Gasteiger partial charge in [-0.15, -0.1) is 11.3 Å². The van der Waals surface area contributed by atoms with E-state index in [1.54, 1.807) is 12.1 Å². The molecule has 1 saturated heterocycles. The molecule has 27 heavy (non-hydrogen) atoms. The van der Waals surface area contributed by atoms with E-state index >= 15 is 0 Å². The van der Waals surface area contributed by atoms with Crippen LogP contribution in [0.3, 0.4) is 0 Å². The van der Waals surface area contributed by atoms with Gasteiger partial charge < -0.3 is 16.0 Å². The Labute approximate surface area is 160 Å². The Bertz CT molecular complexity index is 1040. The summed E-state index contributed by atoms with van der Waals surface area (Å²) in [6.07, 6.45) is 2.30. The maximum absolute atomic E-state index is 13.0. The molecule has 0 saturated carbocycles. The third-order valence-corrected chi connectivity index (χ3v) is 6.64. The summed E-state index contributed by atoms with van der Waals surface area (Å²) in [5, 5.41) is 3.73. The minimum Gasteiger partial charge on any atom is -0.397 e. The average molecular weight is 382 g/mol. The largest absolute Gasteiger partial charge is 0.397 e. The van der Waals surface area contributed by atoms with E-state index in [4.69, 9.17) is 10.7 Å². The number of nitrogen functional groups attached to an aromatic ring is 1. The second kappa shape index (κ2) is 6.20. The fourth-order valence-electron chi connectivity index (χ4n) is 4.03. The Morgan fingerprint density at radius 3 is 2.78 bits per heavy atom. The highest BCUT2D eigenvalue weighted by molar-refractivity contribution is 7.21. The second-order valence-electron chi connectivity index (χ2n) is 7.16. The van der Waals surface area contributed by atoms with E-state index in [0.717, 1.165) is 47.4 Å². The van der Waals surface area contributed by atoms with Crippen molar-refractivity contribution in [2.24, 2.45) is 0 Å². The van der Waals surface area contributed by atoms with Crippen LogP contribution in [0, 0.1) is 5.82 Å². The Morgan fingerprint density at radius 2 is 2.04 bits per heavy atom. The predicted octanol–water partition coefficient (Wildman–Crippen LogP) is 3.65. The van der Waals surface area contributed by atoms with Crippen LogP contribution in [0.25, 0.3) is 10.2 Å². The fraction of sp³-hybridized carbons (Fsp3) is 0.300. The van der Waals surface area contributed by atoms with Crippen molar-refractivity contribution in [1.29, 1.82) is 0 Å². The van der Waals surface area contributed by atoms with Gasteiger partial charge in [0.05, 0.1) is 17.1 Å². The topological polar surface area (TPSA) is 71.2 Å². The van der Waals surface area contributed by atoms with Crippen LogP contribution >= 0.6 is 11.3 Å². The third-order valence-electron chi connectivity index (χ3n) is 5.52. The molecule has 138 valence electrons. The molecule has 2 aromatic heterocycles. The lowest BCUT2D eigenvalue weighted by molar-refractivity contribution is 0.0956. The molecule has 2 bridgehead atoms. The SMILES string of the molecule is Nc1c(C(=O)NCc2ccc(F)cc2)sc2nc3c(cc12)N1CCC3CC1. The zero-order valence-corrected chi connectivity index (χ0v) is 15.5. The lowest BCUT2D eigenvalue weighted by Gasteiger charge is -2.41. The van der Waals surface area contributed by atoms with E-state index in [2.05, 4.69) is 16.3 Å². The van der Waals surface area contributed by atoms with Crippen molar-refractivity contribution in [1.82, 2.24) is 10.3 Å². The number of benzene rings is 1. The molecule has 3 aliphatic heterocycles. The molecule has 0 spiro atoms. The first kappa shape index (κ1) is 16.5. The van der Waals surface area contributed by atoms with Gasteiger partial charge in [0, 0.05) is 30.9 Å². The number of anilines is 2.